The van der Waals surface area contributed by atoms with Crippen molar-refractivity contribution in [1.82, 2.24) is 19.4 Å². The third kappa shape index (κ3) is 3.89. The van der Waals surface area contributed by atoms with Gasteiger partial charge in [-0.05, 0) is 35.5 Å². The summed E-state index contributed by atoms with van der Waals surface area (Å²) in [6.07, 6.45) is 7.33. The summed E-state index contributed by atoms with van der Waals surface area (Å²) in [6, 6.07) is 21.6. The molecule has 6 nitrogen and oxygen atoms in total. The second-order valence-electron chi connectivity index (χ2n) is 9.48. The van der Waals surface area contributed by atoms with Gasteiger partial charge in [0.15, 0.2) is 0 Å². The molecule has 6 rings (SSSR count). The third-order valence-corrected chi connectivity index (χ3v) is 8.03. The van der Waals surface area contributed by atoms with Gasteiger partial charge < -0.3 is 9.47 Å². The fourth-order valence-electron chi connectivity index (χ4n) is 4.45. The Labute approximate surface area is 203 Å². The maximum absolute atomic E-state index is 6.21. The van der Waals surface area contributed by atoms with Crippen LogP contribution in [0.25, 0.3) is 27.5 Å². The molecule has 4 heterocycles. The summed E-state index contributed by atoms with van der Waals surface area (Å²) in [6.45, 7) is 7.09. The van der Waals surface area contributed by atoms with Crippen LogP contribution in [0.15, 0.2) is 91.5 Å². The lowest BCUT2D eigenvalue weighted by Crippen LogP contribution is -2.38. The zero-order valence-corrected chi connectivity index (χ0v) is 20.8. The molecule has 0 saturated heterocycles. The highest BCUT2D eigenvalue weighted by Gasteiger charge is 2.23. The third-order valence-electron chi connectivity index (χ3n) is 5.99. The van der Waals surface area contributed by atoms with E-state index in [1.807, 2.05) is 60.9 Å². The van der Waals surface area contributed by atoms with Crippen molar-refractivity contribution in [3.63, 3.8) is 0 Å². The fraction of sp³-hybridized carbons (Fsp3) is 0.107. The Balaban J connectivity index is 1.45. The van der Waals surface area contributed by atoms with Gasteiger partial charge in [0.25, 0.3) is 0 Å². The summed E-state index contributed by atoms with van der Waals surface area (Å²) < 4.78 is 14.2. The first-order chi connectivity index (χ1) is 17.0. The minimum Gasteiger partial charge on any atom is -0.456 e. The van der Waals surface area contributed by atoms with Crippen LogP contribution >= 0.6 is 0 Å². The predicted molar refractivity (Wildman–Crippen MR) is 142 cm³/mol. The van der Waals surface area contributed by atoms with Gasteiger partial charge in [-0.25, -0.2) is 9.97 Å². The van der Waals surface area contributed by atoms with Crippen molar-refractivity contribution in [2.45, 2.75) is 19.6 Å². The molecule has 0 spiro atoms. The lowest BCUT2D eigenvalue weighted by atomic mass is 10.1. The Morgan fingerprint density at radius 3 is 2.37 bits per heavy atom. The number of nitrogens with zero attached hydrogens (tertiary/aromatic N) is 4. The number of ether oxygens (including phenoxy) is 2. The van der Waals surface area contributed by atoms with Crippen molar-refractivity contribution in [2.75, 3.05) is 0 Å². The second kappa shape index (κ2) is 8.21. The van der Waals surface area contributed by atoms with Gasteiger partial charge in [0.05, 0.1) is 25.3 Å². The van der Waals surface area contributed by atoms with Crippen LogP contribution in [0.5, 0.6) is 23.1 Å². The van der Waals surface area contributed by atoms with Crippen LogP contribution in [-0.2, 0) is 0 Å². The van der Waals surface area contributed by atoms with Crippen molar-refractivity contribution in [3.05, 3.63) is 91.5 Å². The number of imidazole rings is 1. The smallest absolute Gasteiger partial charge is 0.219 e. The molecule has 0 aliphatic rings. The van der Waals surface area contributed by atoms with Gasteiger partial charge in [0.2, 0.25) is 5.88 Å². The van der Waals surface area contributed by atoms with Crippen molar-refractivity contribution in [1.29, 1.82) is 0 Å². The molecule has 6 aromatic rings. The summed E-state index contributed by atoms with van der Waals surface area (Å²) in [5.41, 5.74) is 2.95. The van der Waals surface area contributed by atoms with E-state index in [1.165, 1.54) is 10.6 Å². The molecule has 7 heteroatoms. The van der Waals surface area contributed by atoms with Gasteiger partial charge in [0.1, 0.15) is 22.9 Å². The quantitative estimate of drug-likeness (QED) is 0.208. The van der Waals surface area contributed by atoms with E-state index in [-0.39, 0.29) is 0 Å². The Bertz CT molecular complexity index is 1690. The maximum atomic E-state index is 6.21. The predicted octanol–water partition coefficient (Wildman–Crippen LogP) is 6.56. The number of hydrogen-bond donors (Lipinski definition) is 0. The number of pyridine rings is 3. The SMILES string of the molecule is C[Si](C)(C)c1cccc2c1c1ncc(Oc3cccc(Oc4ccccn4)c3)cc1c1nccn21. The van der Waals surface area contributed by atoms with Crippen LogP contribution in [0.4, 0.5) is 0 Å². The van der Waals surface area contributed by atoms with Crippen molar-refractivity contribution in [3.8, 4) is 23.1 Å². The minimum atomic E-state index is -1.62. The lowest BCUT2D eigenvalue weighted by molar-refractivity contribution is 0.449. The minimum absolute atomic E-state index is 0.531. The summed E-state index contributed by atoms with van der Waals surface area (Å²) in [5, 5.41) is 3.55. The molecule has 0 fully saturated rings. The average molecular weight is 477 g/mol. The molecule has 35 heavy (non-hydrogen) atoms. The van der Waals surface area contributed by atoms with E-state index in [1.54, 1.807) is 12.4 Å². The van der Waals surface area contributed by atoms with Crippen molar-refractivity contribution in [2.24, 2.45) is 0 Å². The second-order valence-corrected chi connectivity index (χ2v) is 14.5. The van der Waals surface area contributed by atoms with Gasteiger partial charge in [0, 0.05) is 41.5 Å². The molecular weight excluding hydrogens is 452 g/mol. The Kier molecular flexibility index (Phi) is 5.00. The standard InChI is InChI=1S/C28H24N4O2Si/c1-35(2,3)24-11-7-10-23-26(24)27-22(28-30-14-15-32(23)28)17-21(18-31-27)33-19-8-6-9-20(16-19)34-25-12-4-5-13-29-25/h4-18H,1-3H3. The van der Waals surface area contributed by atoms with Gasteiger partial charge in [-0.15, -0.1) is 0 Å². The van der Waals surface area contributed by atoms with Gasteiger partial charge in [-0.1, -0.05) is 43.9 Å². The zero-order chi connectivity index (χ0) is 24.0. The molecule has 0 unspecified atom stereocenters. The van der Waals surface area contributed by atoms with E-state index in [9.17, 15) is 0 Å². The van der Waals surface area contributed by atoms with Gasteiger partial charge in [-0.2, -0.15) is 0 Å². The summed E-state index contributed by atoms with van der Waals surface area (Å²) >= 11 is 0. The van der Waals surface area contributed by atoms with Crippen LogP contribution < -0.4 is 14.7 Å². The van der Waals surface area contributed by atoms with Gasteiger partial charge in [-0.3, -0.25) is 9.38 Å². The zero-order valence-electron chi connectivity index (χ0n) is 19.8. The molecule has 0 bridgehead atoms. The first-order valence-electron chi connectivity index (χ1n) is 11.5. The van der Waals surface area contributed by atoms with E-state index in [2.05, 4.69) is 52.2 Å². The summed E-state index contributed by atoms with van der Waals surface area (Å²) in [7, 11) is -1.62. The van der Waals surface area contributed by atoms with Crippen LogP contribution in [0.2, 0.25) is 19.6 Å². The van der Waals surface area contributed by atoms with E-state index >= 15 is 0 Å². The van der Waals surface area contributed by atoms with Gasteiger partial charge >= 0.3 is 0 Å². The Morgan fingerprint density at radius 2 is 1.57 bits per heavy atom. The molecular formula is C28H24N4O2Si. The maximum Gasteiger partial charge on any atom is 0.219 e. The van der Waals surface area contributed by atoms with Crippen LogP contribution in [0, 0.1) is 0 Å². The monoisotopic (exact) mass is 476 g/mol. The molecule has 0 aliphatic heterocycles. The van der Waals surface area contributed by atoms with Crippen molar-refractivity contribution >= 4 is 40.7 Å². The highest BCUT2D eigenvalue weighted by Crippen LogP contribution is 2.33. The molecule has 2 aromatic carbocycles. The van der Waals surface area contributed by atoms with E-state index in [4.69, 9.17) is 14.5 Å². The number of aromatic nitrogens is 4. The summed E-state index contributed by atoms with van der Waals surface area (Å²) in [5.74, 6) is 2.48. The van der Waals surface area contributed by atoms with E-state index < -0.39 is 8.07 Å². The molecule has 172 valence electrons. The number of fused-ring (bicyclic) bond motifs is 6. The number of rotatable bonds is 5. The van der Waals surface area contributed by atoms with E-state index in [0.29, 0.717) is 23.1 Å². The highest BCUT2D eigenvalue weighted by molar-refractivity contribution is 6.90. The van der Waals surface area contributed by atoms with E-state index in [0.717, 1.165) is 22.1 Å². The highest BCUT2D eigenvalue weighted by atomic mass is 28.3. The number of benzene rings is 2. The molecule has 0 radical (unpaired) electrons. The largest absolute Gasteiger partial charge is 0.456 e. The number of hydrogen-bond acceptors (Lipinski definition) is 5. The Hall–Kier alpha value is -4.23. The summed E-state index contributed by atoms with van der Waals surface area (Å²) in [4.78, 5) is 13.8. The Morgan fingerprint density at radius 1 is 0.743 bits per heavy atom. The fourth-order valence-corrected chi connectivity index (χ4v) is 6.04. The van der Waals surface area contributed by atoms with Crippen LogP contribution in [0.1, 0.15) is 0 Å². The normalized spacial score (nSPS) is 11.9. The first-order valence-corrected chi connectivity index (χ1v) is 15.0. The van der Waals surface area contributed by atoms with Crippen molar-refractivity contribution < 1.29 is 9.47 Å². The molecule has 0 atom stereocenters. The molecule has 4 aromatic heterocycles. The first kappa shape index (κ1) is 21.3. The molecule has 0 N–H and O–H groups in total. The van der Waals surface area contributed by atoms with Crippen LogP contribution in [-0.4, -0.2) is 27.4 Å². The molecule has 0 amide bonds. The topological polar surface area (TPSA) is 61.5 Å². The average Bonchev–Trinajstić information content (AvgIpc) is 3.35. The van der Waals surface area contributed by atoms with Crippen LogP contribution in [0.3, 0.4) is 0 Å². The lowest BCUT2D eigenvalue weighted by Gasteiger charge is -2.21. The molecule has 0 aliphatic carbocycles. The molecule has 0 saturated carbocycles.